The van der Waals surface area contributed by atoms with Gasteiger partial charge in [0.2, 0.25) is 0 Å². The van der Waals surface area contributed by atoms with Crippen molar-refractivity contribution in [1.82, 2.24) is 29.9 Å². The molecule has 0 saturated heterocycles. The van der Waals surface area contributed by atoms with E-state index in [-0.39, 0.29) is 0 Å². The molecule has 0 saturated carbocycles. The number of para-hydroxylation sites is 1. The van der Waals surface area contributed by atoms with Crippen molar-refractivity contribution in [2.45, 2.75) is 0 Å². The predicted octanol–water partition coefficient (Wildman–Crippen LogP) is 12.7. The molecule has 11 rings (SSSR count). The van der Waals surface area contributed by atoms with Gasteiger partial charge in [-0.05, 0) is 64.0 Å². The molecule has 270 valence electrons. The van der Waals surface area contributed by atoms with Gasteiger partial charge in [-0.15, -0.1) is 0 Å². The normalized spacial score (nSPS) is 11.4. The third-order valence-corrected chi connectivity index (χ3v) is 10.8. The molecule has 4 heterocycles. The van der Waals surface area contributed by atoms with E-state index in [4.69, 9.17) is 19.9 Å². The van der Waals surface area contributed by atoms with Crippen molar-refractivity contribution in [3.8, 4) is 67.9 Å². The Labute approximate surface area is 334 Å². The Morgan fingerprint density at radius 2 is 0.828 bits per heavy atom. The second kappa shape index (κ2) is 14.0. The highest BCUT2D eigenvalue weighted by molar-refractivity contribution is 6.25. The molecule has 0 radical (unpaired) electrons. The van der Waals surface area contributed by atoms with Crippen LogP contribution in [0.3, 0.4) is 0 Å². The van der Waals surface area contributed by atoms with Crippen LogP contribution < -0.4 is 0 Å². The lowest BCUT2D eigenvalue weighted by atomic mass is 9.91. The van der Waals surface area contributed by atoms with E-state index in [1.54, 1.807) is 0 Å². The van der Waals surface area contributed by atoms with Crippen LogP contribution in [0, 0.1) is 0 Å². The minimum Gasteiger partial charge on any atom is -0.256 e. The highest BCUT2D eigenvalue weighted by atomic mass is 15.0. The molecule has 0 N–H and O–H groups in total. The van der Waals surface area contributed by atoms with Gasteiger partial charge < -0.3 is 0 Å². The average Bonchev–Trinajstić information content (AvgIpc) is 3.31. The van der Waals surface area contributed by atoms with Gasteiger partial charge in [0.1, 0.15) is 0 Å². The zero-order valence-electron chi connectivity index (χ0n) is 31.2. The number of benzene rings is 7. The first-order valence-corrected chi connectivity index (χ1v) is 19.3. The van der Waals surface area contributed by atoms with E-state index in [1.807, 2.05) is 48.8 Å². The van der Waals surface area contributed by atoms with Crippen molar-refractivity contribution in [3.63, 3.8) is 0 Å². The summed E-state index contributed by atoms with van der Waals surface area (Å²) in [5.41, 5.74) is 9.43. The molecule has 0 fully saturated rings. The quantitative estimate of drug-likeness (QED) is 0.158. The number of nitrogens with zero attached hydrogens (tertiary/aromatic N) is 6. The Kier molecular flexibility index (Phi) is 8.04. The van der Waals surface area contributed by atoms with Crippen molar-refractivity contribution in [2.24, 2.45) is 0 Å². The van der Waals surface area contributed by atoms with Gasteiger partial charge in [0, 0.05) is 61.9 Å². The van der Waals surface area contributed by atoms with Crippen molar-refractivity contribution in [2.75, 3.05) is 0 Å². The monoisotopic (exact) mass is 740 g/mol. The molecule has 0 spiro atoms. The number of hydrogen-bond donors (Lipinski definition) is 0. The molecule has 0 amide bonds. The van der Waals surface area contributed by atoms with Crippen molar-refractivity contribution in [1.29, 1.82) is 0 Å². The van der Waals surface area contributed by atoms with Gasteiger partial charge in [-0.1, -0.05) is 140 Å². The van der Waals surface area contributed by atoms with Crippen molar-refractivity contribution >= 4 is 43.2 Å². The second-order valence-corrected chi connectivity index (χ2v) is 14.3. The second-order valence-electron chi connectivity index (χ2n) is 14.3. The third-order valence-electron chi connectivity index (χ3n) is 10.8. The zero-order valence-corrected chi connectivity index (χ0v) is 31.2. The Morgan fingerprint density at radius 1 is 0.310 bits per heavy atom. The molecule has 0 aliphatic carbocycles. The molecule has 0 atom stereocenters. The lowest BCUT2D eigenvalue weighted by molar-refractivity contribution is 1.08. The van der Waals surface area contributed by atoms with Crippen LogP contribution in [0.25, 0.3) is 111 Å². The first kappa shape index (κ1) is 33.4. The van der Waals surface area contributed by atoms with E-state index in [1.165, 1.54) is 10.8 Å². The van der Waals surface area contributed by atoms with Crippen LogP contribution in [0.4, 0.5) is 0 Å². The van der Waals surface area contributed by atoms with Gasteiger partial charge in [-0.2, -0.15) is 0 Å². The maximum absolute atomic E-state index is 5.36. The zero-order chi connectivity index (χ0) is 38.4. The number of aromatic nitrogens is 6. The summed E-state index contributed by atoms with van der Waals surface area (Å²) in [5, 5.41) is 7.80. The summed E-state index contributed by atoms with van der Waals surface area (Å²) in [6.45, 7) is 0. The summed E-state index contributed by atoms with van der Waals surface area (Å²) in [6.07, 6.45) is 3.62. The fraction of sp³-hybridized carbons (Fsp3) is 0. The minimum atomic E-state index is 0.581. The van der Waals surface area contributed by atoms with Crippen LogP contribution in [-0.2, 0) is 0 Å². The Balaban J connectivity index is 1.16. The van der Waals surface area contributed by atoms with Gasteiger partial charge in [-0.3, -0.25) is 9.97 Å². The Bertz CT molecular complexity index is 3210. The van der Waals surface area contributed by atoms with Crippen molar-refractivity contribution in [3.05, 3.63) is 194 Å². The summed E-state index contributed by atoms with van der Waals surface area (Å²) < 4.78 is 0. The van der Waals surface area contributed by atoms with Gasteiger partial charge in [-0.25, -0.2) is 19.9 Å². The molecule has 0 unspecified atom stereocenters. The summed E-state index contributed by atoms with van der Waals surface area (Å²) in [6, 6.07) is 62.6. The third kappa shape index (κ3) is 5.92. The van der Waals surface area contributed by atoms with E-state index in [9.17, 15) is 0 Å². The maximum atomic E-state index is 5.36. The van der Waals surface area contributed by atoms with E-state index in [0.29, 0.717) is 17.5 Å². The fourth-order valence-electron chi connectivity index (χ4n) is 7.96. The minimum absolute atomic E-state index is 0.581. The average molecular weight is 741 g/mol. The smallest absolute Gasteiger partial charge is 0.164 e. The van der Waals surface area contributed by atoms with Crippen LogP contribution in [0.2, 0.25) is 0 Å². The summed E-state index contributed by atoms with van der Waals surface area (Å²) in [5.74, 6) is 1.74. The summed E-state index contributed by atoms with van der Waals surface area (Å²) in [7, 11) is 0. The Morgan fingerprint density at radius 3 is 1.47 bits per heavy atom. The van der Waals surface area contributed by atoms with Gasteiger partial charge in [0.25, 0.3) is 0 Å². The molecular weight excluding hydrogens is 709 g/mol. The topological polar surface area (TPSA) is 77.3 Å². The highest BCUT2D eigenvalue weighted by Gasteiger charge is 2.20. The molecule has 6 nitrogen and oxygen atoms in total. The number of fused-ring (bicyclic) bond motifs is 6. The highest BCUT2D eigenvalue weighted by Crippen LogP contribution is 2.42. The van der Waals surface area contributed by atoms with Gasteiger partial charge in [0.05, 0.1) is 22.6 Å². The van der Waals surface area contributed by atoms with E-state index in [2.05, 4.69) is 156 Å². The van der Waals surface area contributed by atoms with Crippen LogP contribution in [0.15, 0.2) is 194 Å². The van der Waals surface area contributed by atoms with Crippen molar-refractivity contribution < 1.29 is 0 Å². The number of pyridine rings is 3. The van der Waals surface area contributed by atoms with E-state index < -0.39 is 0 Å². The predicted molar refractivity (Wildman–Crippen MR) is 236 cm³/mol. The molecule has 4 aromatic heterocycles. The Hall–Kier alpha value is -7.96. The number of rotatable bonds is 6. The molecule has 0 aliphatic rings. The fourth-order valence-corrected chi connectivity index (χ4v) is 7.96. The summed E-state index contributed by atoms with van der Waals surface area (Å²) in [4.78, 5) is 30.1. The maximum Gasteiger partial charge on any atom is 0.164 e. The lowest BCUT2D eigenvalue weighted by Crippen LogP contribution is -2.01. The molecule has 11 aromatic rings. The van der Waals surface area contributed by atoms with Gasteiger partial charge in [0.15, 0.2) is 17.5 Å². The molecule has 0 bridgehead atoms. The van der Waals surface area contributed by atoms with Crippen LogP contribution >= 0.6 is 0 Å². The van der Waals surface area contributed by atoms with Crippen LogP contribution in [0.1, 0.15) is 0 Å². The standard InChI is InChI=1S/C52H32N6/c1-2-12-38-31-39(28-19-33(38)11-1)49-44-32-43(40-13-3-4-14-41(40)48(44)42-15-5-6-18-47(42)55-49)52-57-50(36-24-20-34(21-25-36)45-16-7-9-29-53-45)56-51(58-52)37-26-22-35(23-27-37)46-17-8-10-30-54-46/h1-32H. The summed E-state index contributed by atoms with van der Waals surface area (Å²) >= 11 is 0. The molecular formula is C52H32N6. The molecule has 7 aromatic carbocycles. The largest absolute Gasteiger partial charge is 0.256 e. The van der Waals surface area contributed by atoms with E-state index in [0.717, 1.165) is 82.9 Å². The number of hydrogen-bond acceptors (Lipinski definition) is 6. The van der Waals surface area contributed by atoms with Crippen LogP contribution in [-0.4, -0.2) is 29.9 Å². The lowest BCUT2D eigenvalue weighted by Gasteiger charge is -2.16. The molecule has 58 heavy (non-hydrogen) atoms. The first-order valence-electron chi connectivity index (χ1n) is 19.3. The first-order chi connectivity index (χ1) is 28.7. The SMILES string of the molecule is c1ccc(-c2ccc(-c3nc(-c4ccc(-c5ccccn5)cc4)nc(-c4cc5c(-c6ccc7ccccc7c6)nc6ccccc6c5c5ccccc45)n3)cc2)nc1. The molecule has 0 aliphatic heterocycles. The molecule has 6 heteroatoms. The van der Waals surface area contributed by atoms with E-state index >= 15 is 0 Å². The van der Waals surface area contributed by atoms with Crippen LogP contribution in [0.5, 0.6) is 0 Å². The van der Waals surface area contributed by atoms with Gasteiger partial charge >= 0.3 is 0 Å².